The Balaban J connectivity index is 1.92. The Labute approximate surface area is 167 Å². The number of imide groups is 1. The lowest BCUT2D eigenvalue weighted by atomic mass is 9.72. The quantitative estimate of drug-likeness (QED) is 0.405. The number of halogens is 1. The molecule has 0 aromatic heterocycles. The average Bonchev–Trinajstić information content (AvgIpc) is 3.09. The zero-order valence-corrected chi connectivity index (χ0v) is 17.0. The first kappa shape index (κ1) is 21.7. The maximum atomic E-state index is 12.6. The molecule has 27 heavy (non-hydrogen) atoms. The van der Waals surface area contributed by atoms with Gasteiger partial charge in [0.2, 0.25) is 5.91 Å². The van der Waals surface area contributed by atoms with Crippen molar-refractivity contribution in [2.24, 2.45) is 11.3 Å². The Bertz CT molecular complexity index is 605. The third kappa shape index (κ3) is 6.82. The highest BCUT2D eigenvalue weighted by atomic mass is 35.5. The average molecular weight is 396 g/mol. The molecule has 1 fully saturated rings. The second-order valence-corrected chi connectivity index (χ2v) is 8.05. The number of carbonyl (C=O) groups is 2. The first-order chi connectivity index (χ1) is 12.9. The van der Waals surface area contributed by atoms with Gasteiger partial charge in [0.15, 0.2) is 0 Å². The van der Waals surface area contributed by atoms with Gasteiger partial charge in [-0.1, -0.05) is 44.2 Å². The van der Waals surface area contributed by atoms with E-state index in [1.54, 1.807) is 0 Å². The number of nitrogens with zero attached hydrogens (tertiary/aromatic N) is 1. The first-order valence-electron chi connectivity index (χ1n) is 9.59. The van der Waals surface area contributed by atoms with Crippen molar-refractivity contribution in [3.05, 3.63) is 35.9 Å². The van der Waals surface area contributed by atoms with Crippen molar-refractivity contribution < 1.29 is 19.1 Å². The number of rotatable bonds is 11. The molecule has 1 saturated heterocycles. The van der Waals surface area contributed by atoms with Crippen molar-refractivity contribution in [2.75, 3.05) is 25.6 Å². The molecule has 5 nitrogen and oxygen atoms in total. The SMILES string of the molecule is CC(C)(CCCCl)[C@H](CCOCc1ccccc1)CC(=O)N1CCOC1=O. The van der Waals surface area contributed by atoms with Crippen molar-refractivity contribution >= 4 is 23.6 Å². The number of hydrogen-bond donors (Lipinski definition) is 0. The summed E-state index contributed by atoms with van der Waals surface area (Å²) < 4.78 is 10.7. The van der Waals surface area contributed by atoms with E-state index in [0.29, 0.717) is 32.1 Å². The van der Waals surface area contributed by atoms with E-state index in [1.165, 1.54) is 4.90 Å². The van der Waals surface area contributed by atoms with Gasteiger partial charge in [-0.2, -0.15) is 0 Å². The highest BCUT2D eigenvalue weighted by Crippen LogP contribution is 2.37. The van der Waals surface area contributed by atoms with Gasteiger partial charge < -0.3 is 9.47 Å². The van der Waals surface area contributed by atoms with Gasteiger partial charge in [-0.25, -0.2) is 9.69 Å². The summed E-state index contributed by atoms with van der Waals surface area (Å²) in [5, 5.41) is 0. The van der Waals surface area contributed by atoms with Crippen LogP contribution in [-0.4, -0.2) is 42.5 Å². The molecular formula is C21H30ClNO4. The van der Waals surface area contributed by atoms with Gasteiger partial charge in [-0.05, 0) is 36.2 Å². The zero-order chi connectivity index (χ0) is 19.7. The lowest BCUT2D eigenvalue weighted by Crippen LogP contribution is -2.36. The molecular weight excluding hydrogens is 366 g/mol. The minimum atomic E-state index is -0.530. The van der Waals surface area contributed by atoms with Gasteiger partial charge in [0.05, 0.1) is 13.2 Å². The number of hydrogen-bond acceptors (Lipinski definition) is 4. The maximum Gasteiger partial charge on any atom is 0.416 e. The second kappa shape index (κ2) is 10.7. The van der Waals surface area contributed by atoms with Crippen LogP contribution >= 0.6 is 11.6 Å². The molecule has 1 aromatic carbocycles. The van der Waals surface area contributed by atoms with Crippen LogP contribution in [0, 0.1) is 11.3 Å². The largest absolute Gasteiger partial charge is 0.447 e. The zero-order valence-electron chi connectivity index (χ0n) is 16.3. The summed E-state index contributed by atoms with van der Waals surface area (Å²) in [5.74, 6) is 0.550. The Morgan fingerprint density at radius 1 is 1.33 bits per heavy atom. The standard InChI is InChI=1S/C21H30ClNO4/c1-21(2,10-6-11-22)18(15-19(24)23-12-14-27-20(23)25)9-13-26-16-17-7-4-3-5-8-17/h3-5,7-8,18H,6,9-16H2,1-2H3/t18-/m1/s1. The van der Waals surface area contributed by atoms with E-state index in [0.717, 1.165) is 24.8 Å². The molecule has 1 heterocycles. The van der Waals surface area contributed by atoms with E-state index in [-0.39, 0.29) is 23.8 Å². The molecule has 1 aliphatic heterocycles. The van der Waals surface area contributed by atoms with E-state index in [4.69, 9.17) is 21.1 Å². The number of cyclic esters (lactones) is 1. The molecule has 1 aromatic rings. The van der Waals surface area contributed by atoms with Crippen LogP contribution < -0.4 is 0 Å². The van der Waals surface area contributed by atoms with Crippen molar-refractivity contribution in [1.82, 2.24) is 4.90 Å². The molecule has 0 N–H and O–H groups in total. The molecule has 0 aliphatic carbocycles. The molecule has 0 spiro atoms. The van der Waals surface area contributed by atoms with Gasteiger partial charge in [0.1, 0.15) is 6.61 Å². The fourth-order valence-electron chi connectivity index (χ4n) is 3.43. The van der Waals surface area contributed by atoms with Gasteiger partial charge in [0.25, 0.3) is 0 Å². The molecule has 0 unspecified atom stereocenters. The van der Waals surface area contributed by atoms with Crippen LogP contribution in [0.4, 0.5) is 4.79 Å². The number of ether oxygens (including phenoxy) is 2. The van der Waals surface area contributed by atoms with Crippen LogP contribution in [0.25, 0.3) is 0 Å². The molecule has 0 radical (unpaired) electrons. The van der Waals surface area contributed by atoms with E-state index >= 15 is 0 Å². The van der Waals surface area contributed by atoms with E-state index < -0.39 is 6.09 Å². The van der Waals surface area contributed by atoms with E-state index in [9.17, 15) is 9.59 Å². The predicted molar refractivity (Wildman–Crippen MR) is 106 cm³/mol. The number of alkyl halides is 1. The van der Waals surface area contributed by atoms with Crippen molar-refractivity contribution in [1.29, 1.82) is 0 Å². The summed E-state index contributed by atoms with van der Waals surface area (Å²) in [6.07, 6.45) is 2.38. The Morgan fingerprint density at radius 3 is 2.70 bits per heavy atom. The normalized spacial score (nSPS) is 15.7. The second-order valence-electron chi connectivity index (χ2n) is 7.67. The summed E-state index contributed by atoms with van der Waals surface area (Å²) >= 11 is 5.87. The van der Waals surface area contributed by atoms with Crippen molar-refractivity contribution in [3.8, 4) is 0 Å². The smallest absolute Gasteiger partial charge is 0.416 e. The Morgan fingerprint density at radius 2 is 2.07 bits per heavy atom. The topological polar surface area (TPSA) is 55.8 Å². The van der Waals surface area contributed by atoms with Crippen LogP contribution in [-0.2, 0) is 20.9 Å². The van der Waals surface area contributed by atoms with Crippen LogP contribution in [0.5, 0.6) is 0 Å². The minimum Gasteiger partial charge on any atom is -0.447 e. The van der Waals surface area contributed by atoms with Gasteiger partial charge in [-0.15, -0.1) is 11.6 Å². The van der Waals surface area contributed by atoms with E-state index in [1.807, 2.05) is 30.3 Å². The fourth-order valence-corrected chi connectivity index (χ4v) is 3.56. The summed E-state index contributed by atoms with van der Waals surface area (Å²) in [4.78, 5) is 25.5. The van der Waals surface area contributed by atoms with E-state index in [2.05, 4.69) is 13.8 Å². The third-order valence-electron chi connectivity index (χ3n) is 5.27. The summed E-state index contributed by atoms with van der Waals surface area (Å²) in [7, 11) is 0. The van der Waals surface area contributed by atoms with Crippen LogP contribution in [0.2, 0.25) is 0 Å². The summed E-state index contributed by atoms with van der Waals surface area (Å²) in [6.45, 7) is 6.08. The third-order valence-corrected chi connectivity index (χ3v) is 5.53. The van der Waals surface area contributed by atoms with Crippen LogP contribution in [0.15, 0.2) is 30.3 Å². The Kier molecular flexibility index (Phi) is 8.58. The highest BCUT2D eigenvalue weighted by molar-refractivity contribution is 6.17. The molecule has 0 bridgehead atoms. The maximum absolute atomic E-state index is 12.6. The van der Waals surface area contributed by atoms with Crippen molar-refractivity contribution in [3.63, 3.8) is 0 Å². The lowest BCUT2D eigenvalue weighted by molar-refractivity contribution is -0.130. The number of benzene rings is 1. The molecule has 150 valence electrons. The number of amides is 2. The molecule has 2 amide bonds. The van der Waals surface area contributed by atoms with Gasteiger partial charge >= 0.3 is 6.09 Å². The Hall–Kier alpha value is -1.59. The predicted octanol–water partition coefficient (Wildman–Crippen LogP) is 4.62. The van der Waals surface area contributed by atoms with Crippen LogP contribution in [0.3, 0.4) is 0 Å². The molecule has 6 heteroatoms. The minimum absolute atomic E-state index is 0.0652. The number of carbonyl (C=O) groups excluding carboxylic acids is 2. The lowest BCUT2D eigenvalue weighted by Gasteiger charge is -2.35. The highest BCUT2D eigenvalue weighted by Gasteiger charge is 2.35. The molecule has 1 atom stereocenters. The van der Waals surface area contributed by atoms with Gasteiger partial charge in [-0.3, -0.25) is 4.79 Å². The molecule has 0 saturated carbocycles. The molecule has 2 rings (SSSR count). The fraction of sp³-hybridized carbons (Fsp3) is 0.619. The van der Waals surface area contributed by atoms with Crippen molar-refractivity contribution in [2.45, 2.75) is 46.1 Å². The molecule has 1 aliphatic rings. The monoisotopic (exact) mass is 395 g/mol. The summed E-state index contributed by atoms with van der Waals surface area (Å²) in [5.41, 5.74) is 1.07. The van der Waals surface area contributed by atoms with Gasteiger partial charge in [0, 0.05) is 18.9 Å². The van der Waals surface area contributed by atoms with Crippen LogP contribution in [0.1, 0.15) is 45.1 Å². The summed E-state index contributed by atoms with van der Waals surface area (Å²) in [6, 6.07) is 10.0. The first-order valence-corrected chi connectivity index (χ1v) is 10.1.